The molecule has 3 heterocycles. The number of nitrogens with one attached hydrogen (secondary N) is 1. The topological polar surface area (TPSA) is 42.2 Å². The first-order chi connectivity index (χ1) is 10.1. The molecule has 110 valence electrons. The Balaban J connectivity index is 1.61. The minimum atomic E-state index is 0.249. The van der Waals surface area contributed by atoms with Crippen LogP contribution in [-0.2, 0) is 6.42 Å². The maximum absolute atomic E-state index is 4.65. The van der Waals surface area contributed by atoms with Gasteiger partial charge in [-0.3, -0.25) is 0 Å². The molecule has 0 spiro atoms. The van der Waals surface area contributed by atoms with Crippen LogP contribution in [-0.4, -0.2) is 20.9 Å². The quantitative estimate of drug-likeness (QED) is 0.786. The Labute approximate surface area is 128 Å². The summed E-state index contributed by atoms with van der Waals surface area (Å²) in [6.45, 7) is 7.25. The SMILES string of the molecule is Cc1nc(C)c(CCNC(C)c2cn3ccccc3n2)s1. The van der Waals surface area contributed by atoms with Crippen molar-refractivity contribution in [3.05, 3.63) is 51.9 Å². The van der Waals surface area contributed by atoms with Crippen LogP contribution in [0.1, 0.15) is 34.2 Å². The molecular weight excluding hydrogens is 280 g/mol. The molecule has 5 heteroatoms. The molecule has 3 aromatic heterocycles. The van der Waals surface area contributed by atoms with Gasteiger partial charge in [0.25, 0.3) is 0 Å². The Morgan fingerprint density at radius 3 is 2.86 bits per heavy atom. The molecule has 0 fully saturated rings. The number of rotatable bonds is 5. The van der Waals surface area contributed by atoms with Crippen molar-refractivity contribution in [3.8, 4) is 0 Å². The molecule has 0 radical (unpaired) electrons. The van der Waals surface area contributed by atoms with Crippen molar-refractivity contribution in [3.63, 3.8) is 0 Å². The Morgan fingerprint density at radius 1 is 1.29 bits per heavy atom. The van der Waals surface area contributed by atoms with E-state index in [-0.39, 0.29) is 6.04 Å². The first-order valence-corrected chi connectivity index (χ1v) is 8.05. The molecule has 1 unspecified atom stereocenters. The first-order valence-electron chi connectivity index (χ1n) is 7.23. The second-order valence-electron chi connectivity index (χ2n) is 5.30. The lowest BCUT2D eigenvalue weighted by molar-refractivity contribution is 0.567. The minimum Gasteiger partial charge on any atom is -0.308 e. The van der Waals surface area contributed by atoms with Crippen LogP contribution in [0.4, 0.5) is 0 Å². The zero-order chi connectivity index (χ0) is 14.8. The van der Waals surface area contributed by atoms with E-state index in [0.29, 0.717) is 0 Å². The molecule has 0 aliphatic rings. The van der Waals surface area contributed by atoms with Crippen molar-refractivity contribution in [1.82, 2.24) is 19.7 Å². The Hall–Kier alpha value is -1.72. The highest BCUT2D eigenvalue weighted by molar-refractivity contribution is 7.11. The van der Waals surface area contributed by atoms with Gasteiger partial charge >= 0.3 is 0 Å². The van der Waals surface area contributed by atoms with E-state index < -0.39 is 0 Å². The van der Waals surface area contributed by atoms with E-state index >= 15 is 0 Å². The number of hydrogen-bond donors (Lipinski definition) is 1. The molecule has 0 aliphatic heterocycles. The number of nitrogens with zero attached hydrogens (tertiary/aromatic N) is 3. The van der Waals surface area contributed by atoms with Crippen molar-refractivity contribution < 1.29 is 0 Å². The second kappa shape index (κ2) is 5.95. The van der Waals surface area contributed by atoms with Crippen molar-refractivity contribution in [1.29, 1.82) is 0 Å². The molecule has 4 nitrogen and oxygen atoms in total. The van der Waals surface area contributed by atoms with Crippen LogP contribution in [0.3, 0.4) is 0 Å². The highest BCUT2D eigenvalue weighted by atomic mass is 32.1. The van der Waals surface area contributed by atoms with Gasteiger partial charge in [-0.1, -0.05) is 6.07 Å². The van der Waals surface area contributed by atoms with E-state index in [0.717, 1.165) is 29.3 Å². The average Bonchev–Trinajstić information content (AvgIpc) is 3.02. The van der Waals surface area contributed by atoms with Crippen molar-refractivity contribution in [2.24, 2.45) is 0 Å². The minimum absolute atomic E-state index is 0.249. The van der Waals surface area contributed by atoms with Gasteiger partial charge in [0.15, 0.2) is 0 Å². The predicted molar refractivity (Wildman–Crippen MR) is 86.9 cm³/mol. The van der Waals surface area contributed by atoms with Crippen molar-refractivity contribution in [2.75, 3.05) is 6.54 Å². The van der Waals surface area contributed by atoms with Gasteiger partial charge in [-0.15, -0.1) is 11.3 Å². The number of imidazole rings is 1. The van der Waals surface area contributed by atoms with E-state index in [2.05, 4.69) is 46.7 Å². The summed E-state index contributed by atoms with van der Waals surface area (Å²) in [6.07, 6.45) is 5.14. The monoisotopic (exact) mass is 300 g/mol. The van der Waals surface area contributed by atoms with Crippen molar-refractivity contribution in [2.45, 2.75) is 33.2 Å². The molecular formula is C16H20N4S. The van der Waals surface area contributed by atoms with Crippen LogP contribution in [0.25, 0.3) is 5.65 Å². The van der Waals surface area contributed by atoms with E-state index in [4.69, 9.17) is 0 Å². The third-order valence-electron chi connectivity index (χ3n) is 3.63. The van der Waals surface area contributed by atoms with Crippen LogP contribution in [0, 0.1) is 13.8 Å². The Morgan fingerprint density at radius 2 is 2.14 bits per heavy atom. The normalized spacial score (nSPS) is 12.9. The third kappa shape index (κ3) is 3.14. The Kier molecular flexibility index (Phi) is 4.03. The average molecular weight is 300 g/mol. The molecule has 1 N–H and O–H groups in total. The molecule has 3 rings (SSSR count). The van der Waals surface area contributed by atoms with Gasteiger partial charge in [-0.25, -0.2) is 9.97 Å². The van der Waals surface area contributed by atoms with Gasteiger partial charge in [-0.05, 0) is 39.3 Å². The maximum Gasteiger partial charge on any atom is 0.137 e. The summed E-state index contributed by atoms with van der Waals surface area (Å²) in [5, 5.41) is 4.70. The molecule has 1 atom stereocenters. The zero-order valence-electron chi connectivity index (χ0n) is 12.6. The lowest BCUT2D eigenvalue weighted by Gasteiger charge is -2.10. The largest absolute Gasteiger partial charge is 0.308 e. The van der Waals surface area contributed by atoms with Gasteiger partial charge in [0.05, 0.1) is 16.4 Å². The molecule has 0 saturated carbocycles. The fourth-order valence-corrected chi connectivity index (χ4v) is 3.41. The zero-order valence-corrected chi connectivity index (χ0v) is 13.4. The van der Waals surface area contributed by atoms with E-state index in [1.807, 2.05) is 24.4 Å². The van der Waals surface area contributed by atoms with Crippen molar-refractivity contribution >= 4 is 17.0 Å². The number of aromatic nitrogens is 3. The number of fused-ring (bicyclic) bond motifs is 1. The molecule has 0 saturated heterocycles. The van der Waals surface area contributed by atoms with Crippen LogP contribution < -0.4 is 5.32 Å². The summed E-state index contributed by atoms with van der Waals surface area (Å²) in [4.78, 5) is 10.5. The first kappa shape index (κ1) is 14.2. The summed E-state index contributed by atoms with van der Waals surface area (Å²) in [7, 11) is 0. The fourth-order valence-electron chi connectivity index (χ4n) is 2.48. The summed E-state index contributed by atoms with van der Waals surface area (Å²) in [5.74, 6) is 0. The van der Waals surface area contributed by atoms with E-state index in [1.54, 1.807) is 11.3 Å². The lowest BCUT2D eigenvalue weighted by atomic mass is 10.2. The van der Waals surface area contributed by atoms with Gasteiger partial charge in [0, 0.05) is 29.9 Å². The van der Waals surface area contributed by atoms with Gasteiger partial charge in [0.1, 0.15) is 5.65 Å². The summed E-state index contributed by atoms with van der Waals surface area (Å²) in [5.41, 5.74) is 3.24. The molecule has 21 heavy (non-hydrogen) atoms. The predicted octanol–water partition coefficient (Wildman–Crippen LogP) is 3.30. The third-order valence-corrected chi connectivity index (χ3v) is 4.76. The van der Waals surface area contributed by atoms with Gasteiger partial charge in [-0.2, -0.15) is 0 Å². The summed E-state index contributed by atoms with van der Waals surface area (Å²) < 4.78 is 2.06. The molecule has 0 aromatic carbocycles. The molecule has 0 amide bonds. The van der Waals surface area contributed by atoms with E-state index in [9.17, 15) is 0 Å². The second-order valence-corrected chi connectivity index (χ2v) is 6.59. The lowest BCUT2D eigenvalue weighted by Crippen LogP contribution is -2.21. The fraction of sp³-hybridized carbons (Fsp3) is 0.375. The Bertz CT molecular complexity index is 711. The van der Waals surface area contributed by atoms with Gasteiger partial charge < -0.3 is 9.72 Å². The van der Waals surface area contributed by atoms with Crippen LogP contribution in [0.5, 0.6) is 0 Å². The highest BCUT2D eigenvalue weighted by Crippen LogP contribution is 2.18. The standard InChI is InChI=1S/C16H20N4S/c1-11(14-10-20-9-5-4-6-16(20)19-14)17-8-7-15-12(2)18-13(3)21-15/h4-6,9-11,17H,7-8H2,1-3H3. The smallest absolute Gasteiger partial charge is 0.137 e. The van der Waals surface area contributed by atoms with Crippen LogP contribution in [0.15, 0.2) is 30.6 Å². The highest BCUT2D eigenvalue weighted by Gasteiger charge is 2.10. The maximum atomic E-state index is 4.65. The van der Waals surface area contributed by atoms with Crippen LogP contribution in [0.2, 0.25) is 0 Å². The number of hydrogen-bond acceptors (Lipinski definition) is 4. The number of thiazole rings is 1. The molecule has 0 aliphatic carbocycles. The molecule has 0 bridgehead atoms. The van der Waals surface area contributed by atoms with E-state index in [1.165, 1.54) is 10.6 Å². The van der Waals surface area contributed by atoms with Crippen LogP contribution >= 0.6 is 11.3 Å². The number of pyridine rings is 1. The summed E-state index contributed by atoms with van der Waals surface area (Å²) in [6, 6.07) is 6.31. The van der Waals surface area contributed by atoms with Gasteiger partial charge in [0.2, 0.25) is 0 Å². The summed E-state index contributed by atoms with van der Waals surface area (Å²) >= 11 is 1.79. The number of aryl methyl sites for hydroxylation is 2. The molecule has 3 aromatic rings.